The van der Waals surface area contributed by atoms with Gasteiger partial charge in [0.2, 0.25) is 0 Å². The van der Waals surface area contributed by atoms with Crippen molar-refractivity contribution in [1.82, 2.24) is 9.97 Å². The van der Waals surface area contributed by atoms with E-state index in [1.165, 1.54) is 6.07 Å². The highest BCUT2D eigenvalue weighted by molar-refractivity contribution is 6.31. The molecule has 0 saturated heterocycles. The van der Waals surface area contributed by atoms with Crippen molar-refractivity contribution in [1.29, 1.82) is 0 Å². The molecule has 0 aliphatic rings. The Morgan fingerprint density at radius 2 is 2.16 bits per heavy atom. The van der Waals surface area contributed by atoms with E-state index in [2.05, 4.69) is 9.97 Å². The second-order valence-corrected chi connectivity index (χ2v) is 4.90. The minimum absolute atomic E-state index is 0.119. The molecule has 1 aromatic heterocycles. The average Bonchev–Trinajstić information content (AvgIpc) is 2.33. The van der Waals surface area contributed by atoms with E-state index in [0.717, 1.165) is 11.3 Å². The maximum Gasteiger partial charge on any atom is 0.133 e. The topological polar surface area (TPSA) is 51.8 Å². The molecule has 1 heterocycles. The van der Waals surface area contributed by atoms with Gasteiger partial charge in [-0.1, -0.05) is 17.7 Å². The fourth-order valence-electron chi connectivity index (χ4n) is 1.92. The van der Waals surface area contributed by atoms with Gasteiger partial charge in [-0.3, -0.25) is 0 Å². The first-order valence-electron chi connectivity index (χ1n) is 6.00. The highest BCUT2D eigenvalue weighted by Crippen LogP contribution is 2.21. The van der Waals surface area contributed by atoms with E-state index in [9.17, 15) is 4.39 Å². The molecule has 1 unspecified atom stereocenters. The summed E-state index contributed by atoms with van der Waals surface area (Å²) in [5.74, 6) is 0.193. The maximum absolute atomic E-state index is 13.7. The third-order valence-corrected chi connectivity index (χ3v) is 3.31. The highest BCUT2D eigenvalue weighted by Gasteiger charge is 2.12. The first-order chi connectivity index (χ1) is 8.99. The Bertz CT molecular complexity index is 579. The van der Waals surface area contributed by atoms with Gasteiger partial charge in [0.05, 0.1) is 0 Å². The number of nitrogens with zero attached hydrogens (tertiary/aromatic N) is 2. The summed E-state index contributed by atoms with van der Waals surface area (Å²) in [5.41, 5.74) is 7.92. The molecule has 1 aromatic carbocycles. The van der Waals surface area contributed by atoms with Crippen LogP contribution in [0.15, 0.2) is 24.4 Å². The van der Waals surface area contributed by atoms with Crippen molar-refractivity contribution in [3.05, 3.63) is 57.9 Å². The van der Waals surface area contributed by atoms with E-state index in [-0.39, 0.29) is 18.3 Å². The summed E-state index contributed by atoms with van der Waals surface area (Å²) in [6.45, 7) is 3.74. The summed E-state index contributed by atoms with van der Waals surface area (Å²) in [5, 5.41) is 0.387. The van der Waals surface area contributed by atoms with Crippen LogP contribution in [0.4, 0.5) is 4.39 Å². The third kappa shape index (κ3) is 3.08. The molecule has 1 atom stereocenters. The number of hydrogen-bond acceptors (Lipinski definition) is 3. The predicted molar refractivity (Wildman–Crippen MR) is 73.6 cm³/mol. The van der Waals surface area contributed by atoms with Crippen LogP contribution in [0.25, 0.3) is 0 Å². The molecule has 0 bridgehead atoms. The molecule has 0 amide bonds. The van der Waals surface area contributed by atoms with Gasteiger partial charge in [-0.15, -0.1) is 0 Å². The standard InChI is InChI=1S/C14H15ClFN3/c1-8(17)11-7-18-14(19-9(11)2)6-10-12(15)4-3-5-13(10)16/h3-5,7-8H,6,17H2,1-2H3. The lowest BCUT2D eigenvalue weighted by atomic mass is 10.1. The number of rotatable bonds is 3. The molecule has 0 radical (unpaired) electrons. The van der Waals surface area contributed by atoms with Crippen molar-refractivity contribution in [2.75, 3.05) is 0 Å². The molecule has 0 aliphatic heterocycles. The van der Waals surface area contributed by atoms with E-state index >= 15 is 0 Å². The maximum atomic E-state index is 13.7. The Hall–Kier alpha value is -1.52. The van der Waals surface area contributed by atoms with Crippen LogP contribution in [0, 0.1) is 12.7 Å². The molecule has 0 spiro atoms. The van der Waals surface area contributed by atoms with Crippen LogP contribution < -0.4 is 5.73 Å². The number of aromatic nitrogens is 2. The third-order valence-electron chi connectivity index (χ3n) is 2.95. The van der Waals surface area contributed by atoms with Crippen LogP contribution >= 0.6 is 11.6 Å². The van der Waals surface area contributed by atoms with Gasteiger partial charge in [0.15, 0.2) is 0 Å². The van der Waals surface area contributed by atoms with Crippen LogP contribution in [0.2, 0.25) is 5.02 Å². The number of benzene rings is 1. The summed E-state index contributed by atoms with van der Waals surface area (Å²) in [6, 6.07) is 4.49. The summed E-state index contributed by atoms with van der Waals surface area (Å²) >= 11 is 5.99. The molecule has 3 nitrogen and oxygen atoms in total. The Morgan fingerprint density at radius 3 is 2.74 bits per heavy atom. The van der Waals surface area contributed by atoms with Gasteiger partial charge in [0.1, 0.15) is 11.6 Å². The lowest BCUT2D eigenvalue weighted by Crippen LogP contribution is -2.11. The van der Waals surface area contributed by atoms with Gasteiger partial charge in [-0.25, -0.2) is 14.4 Å². The zero-order valence-electron chi connectivity index (χ0n) is 10.8. The fourth-order valence-corrected chi connectivity index (χ4v) is 2.15. The van der Waals surface area contributed by atoms with E-state index < -0.39 is 0 Å². The molecule has 2 rings (SSSR count). The molecule has 100 valence electrons. The lowest BCUT2D eigenvalue weighted by molar-refractivity contribution is 0.612. The van der Waals surface area contributed by atoms with Crippen molar-refractivity contribution >= 4 is 11.6 Å². The Kier molecular flexibility index (Phi) is 4.12. The van der Waals surface area contributed by atoms with Gasteiger partial charge in [-0.2, -0.15) is 0 Å². The number of aryl methyl sites for hydroxylation is 1. The van der Waals surface area contributed by atoms with Crippen LogP contribution in [-0.2, 0) is 6.42 Å². The second-order valence-electron chi connectivity index (χ2n) is 4.49. The summed E-state index contributed by atoms with van der Waals surface area (Å²) in [4.78, 5) is 8.58. The van der Waals surface area contributed by atoms with Crippen LogP contribution in [0.5, 0.6) is 0 Å². The van der Waals surface area contributed by atoms with Gasteiger partial charge in [0, 0.05) is 40.5 Å². The highest BCUT2D eigenvalue weighted by atomic mass is 35.5. The smallest absolute Gasteiger partial charge is 0.133 e. The average molecular weight is 280 g/mol. The largest absolute Gasteiger partial charge is 0.324 e. The number of nitrogens with two attached hydrogens (primary N) is 1. The zero-order valence-corrected chi connectivity index (χ0v) is 11.6. The Labute approximate surface area is 116 Å². The monoisotopic (exact) mass is 279 g/mol. The zero-order chi connectivity index (χ0) is 14.0. The van der Waals surface area contributed by atoms with Gasteiger partial charge >= 0.3 is 0 Å². The van der Waals surface area contributed by atoms with E-state index in [1.807, 2.05) is 13.8 Å². The molecular weight excluding hydrogens is 265 g/mol. The fraction of sp³-hybridized carbons (Fsp3) is 0.286. The van der Waals surface area contributed by atoms with E-state index in [1.54, 1.807) is 18.3 Å². The molecular formula is C14H15ClFN3. The SMILES string of the molecule is Cc1nc(Cc2c(F)cccc2Cl)ncc1C(C)N. The van der Waals surface area contributed by atoms with Crippen LogP contribution in [-0.4, -0.2) is 9.97 Å². The Morgan fingerprint density at radius 1 is 1.42 bits per heavy atom. The minimum atomic E-state index is -0.343. The molecule has 0 aliphatic carbocycles. The molecule has 5 heteroatoms. The minimum Gasteiger partial charge on any atom is -0.324 e. The summed E-state index contributed by atoms with van der Waals surface area (Å²) in [6.07, 6.45) is 1.96. The number of halogens is 2. The molecule has 19 heavy (non-hydrogen) atoms. The summed E-state index contributed by atoms with van der Waals surface area (Å²) < 4.78 is 13.7. The van der Waals surface area contributed by atoms with Gasteiger partial charge in [-0.05, 0) is 26.0 Å². The Balaban J connectivity index is 2.32. The van der Waals surface area contributed by atoms with Gasteiger partial charge < -0.3 is 5.73 Å². The molecule has 0 fully saturated rings. The molecule has 0 saturated carbocycles. The lowest BCUT2D eigenvalue weighted by Gasteiger charge is -2.10. The summed E-state index contributed by atoms with van der Waals surface area (Å²) in [7, 11) is 0. The van der Waals surface area contributed by atoms with Crippen LogP contribution in [0.3, 0.4) is 0 Å². The first-order valence-corrected chi connectivity index (χ1v) is 6.37. The van der Waals surface area contributed by atoms with Crippen molar-refractivity contribution < 1.29 is 4.39 Å². The van der Waals surface area contributed by atoms with E-state index in [4.69, 9.17) is 17.3 Å². The van der Waals surface area contributed by atoms with Crippen molar-refractivity contribution in [2.45, 2.75) is 26.3 Å². The van der Waals surface area contributed by atoms with Gasteiger partial charge in [0.25, 0.3) is 0 Å². The van der Waals surface area contributed by atoms with Crippen molar-refractivity contribution in [2.24, 2.45) is 5.73 Å². The predicted octanol–water partition coefficient (Wildman–Crippen LogP) is 3.19. The second kappa shape index (κ2) is 5.63. The normalized spacial score (nSPS) is 12.5. The quantitative estimate of drug-likeness (QED) is 0.939. The molecule has 2 aromatic rings. The van der Waals surface area contributed by atoms with Crippen molar-refractivity contribution in [3.8, 4) is 0 Å². The van der Waals surface area contributed by atoms with E-state index in [0.29, 0.717) is 16.4 Å². The van der Waals surface area contributed by atoms with Crippen molar-refractivity contribution in [3.63, 3.8) is 0 Å². The number of hydrogen-bond donors (Lipinski definition) is 1. The van der Waals surface area contributed by atoms with Crippen LogP contribution in [0.1, 0.15) is 35.6 Å². The first kappa shape index (κ1) is 13.9. The molecule has 2 N–H and O–H groups in total.